The molecule has 3 aromatic carbocycles. The van der Waals surface area contributed by atoms with Gasteiger partial charge in [-0.3, -0.25) is 14.4 Å². The number of hydrogen-bond donors (Lipinski definition) is 0. The Morgan fingerprint density at radius 2 is 1.25 bits per heavy atom. The minimum atomic E-state index is -0.511. The van der Waals surface area contributed by atoms with E-state index in [4.69, 9.17) is 9.47 Å². The Kier molecular flexibility index (Phi) is 9.11. The van der Waals surface area contributed by atoms with Gasteiger partial charge in [0.25, 0.3) is 0 Å². The zero-order valence-electron chi connectivity index (χ0n) is 22.7. The first-order valence-corrected chi connectivity index (χ1v) is 14.1. The third-order valence-electron chi connectivity index (χ3n) is 7.69. The summed E-state index contributed by atoms with van der Waals surface area (Å²) in [6.45, 7) is 1.49. The van der Waals surface area contributed by atoms with Crippen LogP contribution >= 0.6 is 0 Å². The van der Waals surface area contributed by atoms with Gasteiger partial charge in [-0.1, -0.05) is 60.7 Å². The van der Waals surface area contributed by atoms with E-state index in [0.29, 0.717) is 51.1 Å². The molecule has 7 nitrogen and oxygen atoms in total. The predicted octanol–water partition coefficient (Wildman–Crippen LogP) is 4.83. The standard InChI is InChI=1S/C33H36N2O5/c36-31(24-40-28-18-16-27(17-19-28)39-23-26-11-5-2-6-12-26)29-13-7-22-35(29)33(38)30-14-8-21-34(30)32(37)20-15-25-9-3-1-4-10-25/h1-6,9-12,16-19,29-30H,7-8,13-15,20-24H2/t29-,30-/m0/s1. The van der Waals surface area contributed by atoms with E-state index in [2.05, 4.69) is 0 Å². The summed E-state index contributed by atoms with van der Waals surface area (Å²) in [5.74, 6) is 1.06. The summed E-state index contributed by atoms with van der Waals surface area (Å²) < 4.78 is 11.6. The van der Waals surface area contributed by atoms with Crippen LogP contribution in [0.4, 0.5) is 0 Å². The fourth-order valence-electron chi connectivity index (χ4n) is 5.54. The molecule has 2 aliphatic heterocycles. The van der Waals surface area contributed by atoms with Crippen LogP contribution in [0.2, 0.25) is 0 Å². The van der Waals surface area contributed by atoms with Crippen LogP contribution in [0.25, 0.3) is 0 Å². The van der Waals surface area contributed by atoms with Gasteiger partial charge in [-0.2, -0.15) is 0 Å². The van der Waals surface area contributed by atoms with Crippen molar-refractivity contribution >= 4 is 17.6 Å². The lowest BCUT2D eigenvalue weighted by Crippen LogP contribution is -2.51. The van der Waals surface area contributed by atoms with Gasteiger partial charge in [-0.15, -0.1) is 0 Å². The van der Waals surface area contributed by atoms with E-state index in [1.54, 1.807) is 21.9 Å². The van der Waals surface area contributed by atoms with E-state index >= 15 is 0 Å². The molecule has 0 radical (unpaired) electrons. The number of carbonyl (C=O) groups excluding carboxylic acids is 3. The van der Waals surface area contributed by atoms with E-state index < -0.39 is 12.1 Å². The number of aryl methyl sites for hydroxylation is 1. The summed E-state index contributed by atoms with van der Waals surface area (Å²) in [6, 6.07) is 26.0. The third kappa shape index (κ3) is 6.89. The Morgan fingerprint density at radius 1 is 0.675 bits per heavy atom. The molecule has 2 aliphatic rings. The first-order chi connectivity index (χ1) is 19.6. The van der Waals surface area contributed by atoms with Crippen LogP contribution < -0.4 is 9.47 Å². The fraction of sp³-hybridized carbons (Fsp3) is 0.364. The Morgan fingerprint density at radius 3 is 1.93 bits per heavy atom. The second-order valence-corrected chi connectivity index (χ2v) is 10.4. The molecule has 5 rings (SSSR count). The molecule has 0 bridgehead atoms. The van der Waals surface area contributed by atoms with Crippen molar-refractivity contribution in [2.45, 2.75) is 57.2 Å². The van der Waals surface area contributed by atoms with Crippen LogP contribution in [0.15, 0.2) is 84.9 Å². The molecule has 0 aromatic heterocycles. The summed E-state index contributed by atoms with van der Waals surface area (Å²) in [5.41, 5.74) is 2.19. The second-order valence-electron chi connectivity index (χ2n) is 10.4. The first-order valence-electron chi connectivity index (χ1n) is 14.1. The summed E-state index contributed by atoms with van der Waals surface area (Å²) in [7, 11) is 0. The summed E-state index contributed by atoms with van der Waals surface area (Å²) in [5, 5.41) is 0. The van der Waals surface area contributed by atoms with Gasteiger partial charge >= 0.3 is 0 Å². The van der Waals surface area contributed by atoms with Crippen LogP contribution in [0.3, 0.4) is 0 Å². The Hall–Kier alpha value is -4.13. The molecule has 2 atom stereocenters. The lowest BCUT2D eigenvalue weighted by atomic mass is 10.1. The highest BCUT2D eigenvalue weighted by molar-refractivity contribution is 5.94. The first kappa shape index (κ1) is 27.4. The van der Waals surface area contributed by atoms with E-state index in [9.17, 15) is 14.4 Å². The number of ketones is 1. The van der Waals surface area contributed by atoms with Crippen molar-refractivity contribution in [3.05, 3.63) is 96.1 Å². The average Bonchev–Trinajstić information content (AvgIpc) is 3.70. The largest absolute Gasteiger partial charge is 0.489 e. The van der Waals surface area contributed by atoms with Crippen molar-refractivity contribution in [1.82, 2.24) is 9.80 Å². The smallest absolute Gasteiger partial charge is 0.245 e. The minimum Gasteiger partial charge on any atom is -0.489 e. The van der Waals surface area contributed by atoms with E-state index in [-0.39, 0.29) is 24.2 Å². The van der Waals surface area contributed by atoms with Gasteiger partial charge in [0.15, 0.2) is 5.78 Å². The van der Waals surface area contributed by atoms with Crippen molar-refractivity contribution in [3.8, 4) is 11.5 Å². The number of hydrogen-bond acceptors (Lipinski definition) is 5. The number of benzene rings is 3. The highest BCUT2D eigenvalue weighted by Gasteiger charge is 2.41. The lowest BCUT2D eigenvalue weighted by Gasteiger charge is -2.31. The Balaban J connectivity index is 1.11. The fourth-order valence-corrected chi connectivity index (χ4v) is 5.54. The monoisotopic (exact) mass is 540 g/mol. The number of rotatable bonds is 11. The molecular formula is C33H36N2O5. The molecule has 208 valence electrons. The third-order valence-corrected chi connectivity index (χ3v) is 7.69. The molecular weight excluding hydrogens is 504 g/mol. The number of nitrogens with zero attached hydrogens (tertiary/aromatic N) is 2. The van der Waals surface area contributed by atoms with Crippen LogP contribution in [-0.4, -0.2) is 59.2 Å². The van der Waals surface area contributed by atoms with Crippen LogP contribution in [-0.2, 0) is 27.4 Å². The number of likely N-dealkylation sites (tertiary alicyclic amines) is 2. The molecule has 0 N–H and O–H groups in total. The lowest BCUT2D eigenvalue weighted by molar-refractivity contribution is -0.146. The van der Waals surface area contributed by atoms with Crippen molar-refractivity contribution in [3.63, 3.8) is 0 Å². The number of Topliss-reactive ketones (excluding diaryl/α,β-unsaturated/α-hetero) is 1. The van der Waals surface area contributed by atoms with Crippen molar-refractivity contribution in [2.75, 3.05) is 19.7 Å². The minimum absolute atomic E-state index is 0.00121. The maximum absolute atomic E-state index is 13.6. The van der Waals surface area contributed by atoms with Gasteiger partial charge in [0.2, 0.25) is 11.8 Å². The van der Waals surface area contributed by atoms with E-state index in [1.807, 2.05) is 72.8 Å². The van der Waals surface area contributed by atoms with Crippen molar-refractivity contribution in [1.29, 1.82) is 0 Å². The molecule has 2 heterocycles. The topological polar surface area (TPSA) is 76.2 Å². The normalized spacial score (nSPS) is 18.5. The summed E-state index contributed by atoms with van der Waals surface area (Å²) in [6.07, 6.45) is 3.86. The molecule has 2 saturated heterocycles. The molecule has 0 saturated carbocycles. The van der Waals surface area contributed by atoms with E-state index in [0.717, 1.165) is 29.7 Å². The maximum atomic E-state index is 13.6. The van der Waals surface area contributed by atoms with Crippen molar-refractivity contribution in [2.24, 2.45) is 0 Å². The number of amides is 2. The molecule has 0 aliphatic carbocycles. The second kappa shape index (κ2) is 13.3. The molecule has 2 amide bonds. The SMILES string of the molecule is O=C(COc1ccc(OCc2ccccc2)cc1)[C@@H]1CCCN1C(=O)[C@@H]1CCCN1C(=O)CCc1ccccc1. The Bertz CT molecular complexity index is 1280. The highest BCUT2D eigenvalue weighted by atomic mass is 16.5. The van der Waals surface area contributed by atoms with Gasteiger partial charge in [-0.25, -0.2) is 0 Å². The molecule has 7 heteroatoms. The van der Waals surface area contributed by atoms with Gasteiger partial charge < -0.3 is 19.3 Å². The summed E-state index contributed by atoms with van der Waals surface area (Å²) in [4.78, 5) is 43.1. The van der Waals surface area contributed by atoms with Gasteiger partial charge in [0, 0.05) is 19.5 Å². The molecule has 0 unspecified atom stereocenters. The molecule has 0 spiro atoms. The van der Waals surface area contributed by atoms with Gasteiger partial charge in [-0.05, 0) is 67.5 Å². The molecule has 2 fully saturated rings. The zero-order valence-corrected chi connectivity index (χ0v) is 22.7. The maximum Gasteiger partial charge on any atom is 0.245 e. The Labute approximate surface area is 235 Å². The number of carbonyl (C=O) groups is 3. The van der Waals surface area contributed by atoms with E-state index in [1.165, 1.54) is 0 Å². The highest BCUT2D eigenvalue weighted by Crippen LogP contribution is 2.27. The van der Waals surface area contributed by atoms with Crippen LogP contribution in [0, 0.1) is 0 Å². The quantitative estimate of drug-likeness (QED) is 0.348. The average molecular weight is 541 g/mol. The molecule has 40 heavy (non-hydrogen) atoms. The molecule has 3 aromatic rings. The summed E-state index contributed by atoms with van der Waals surface area (Å²) >= 11 is 0. The number of ether oxygens (including phenoxy) is 2. The van der Waals surface area contributed by atoms with Gasteiger partial charge in [0.05, 0.1) is 6.04 Å². The van der Waals surface area contributed by atoms with Crippen LogP contribution in [0.1, 0.15) is 43.2 Å². The van der Waals surface area contributed by atoms with Crippen LogP contribution in [0.5, 0.6) is 11.5 Å². The van der Waals surface area contributed by atoms with Crippen molar-refractivity contribution < 1.29 is 23.9 Å². The predicted molar refractivity (Wildman–Crippen MR) is 152 cm³/mol. The zero-order chi connectivity index (χ0) is 27.7. The van der Waals surface area contributed by atoms with Gasteiger partial charge in [0.1, 0.15) is 30.8 Å².